The average molecular weight is 268 g/mol. The Balaban J connectivity index is 3.06. The van der Waals surface area contributed by atoms with E-state index in [1.54, 1.807) is 6.92 Å². The SMILES string of the molecule is CC(CC#N)NC(=O)c1c(Cl)cccc1[N+](=O)[O-]. The van der Waals surface area contributed by atoms with Crippen molar-refractivity contribution in [2.45, 2.75) is 19.4 Å². The number of rotatable bonds is 4. The third-order valence-electron chi connectivity index (χ3n) is 2.19. The van der Waals surface area contributed by atoms with E-state index in [-0.39, 0.29) is 22.7 Å². The molecule has 0 aliphatic carbocycles. The minimum absolute atomic E-state index is 0.00542. The molecule has 1 aromatic carbocycles. The monoisotopic (exact) mass is 267 g/mol. The highest BCUT2D eigenvalue weighted by Gasteiger charge is 2.24. The number of nitro benzene ring substituents is 1. The van der Waals surface area contributed by atoms with Crippen LogP contribution in [0, 0.1) is 21.4 Å². The first-order chi connectivity index (χ1) is 8.47. The molecule has 6 nitrogen and oxygen atoms in total. The van der Waals surface area contributed by atoms with Crippen LogP contribution in [0.4, 0.5) is 5.69 Å². The Bertz CT molecular complexity index is 525. The van der Waals surface area contributed by atoms with Crippen LogP contribution in [0.2, 0.25) is 5.02 Å². The maximum atomic E-state index is 11.9. The first-order valence-corrected chi connectivity index (χ1v) is 5.46. The first kappa shape index (κ1) is 13.9. The molecule has 0 saturated carbocycles. The van der Waals surface area contributed by atoms with Crippen molar-refractivity contribution in [3.05, 3.63) is 38.9 Å². The van der Waals surface area contributed by atoms with Gasteiger partial charge in [0.25, 0.3) is 11.6 Å². The molecule has 0 fully saturated rings. The molecular formula is C11H10ClN3O3. The van der Waals surface area contributed by atoms with Gasteiger partial charge in [-0.15, -0.1) is 0 Å². The molecule has 1 unspecified atom stereocenters. The summed E-state index contributed by atoms with van der Waals surface area (Å²) in [6, 6.07) is 5.49. The number of carbonyl (C=O) groups excluding carboxylic acids is 1. The third kappa shape index (κ3) is 3.18. The normalized spacial score (nSPS) is 11.4. The van der Waals surface area contributed by atoms with E-state index < -0.39 is 16.9 Å². The smallest absolute Gasteiger partial charge is 0.283 e. The number of nitro groups is 1. The lowest BCUT2D eigenvalue weighted by molar-refractivity contribution is -0.385. The second-order valence-electron chi connectivity index (χ2n) is 3.63. The fourth-order valence-electron chi connectivity index (χ4n) is 1.37. The molecule has 7 heteroatoms. The van der Waals surface area contributed by atoms with Crippen LogP contribution in [0.5, 0.6) is 0 Å². The van der Waals surface area contributed by atoms with E-state index >= 15 is 0 Å². The summed E-state index contributed by atoms with van der Waals surface area (Å²) in [5.74, 6) is -0.657. The van der Waals surface area contributed by atoms with E-state index in [9.17, 15) is 14.9 Å². The summed E-state index contributed by atoms with van der Waals surface area (Å²) in [4.78, 5) is 22.0. The molecule has 1 rings (SSSR count). The van der Waals surface area contributed by atoms with Gasteiger partial charge in [-0.3, -0.25) is 14.9 Å². The van der Waals surface area contributed by atoms with Crippen molar-refractivity contribution >= 4 is 23.2 Å². The van der Waals surface area contributed by atoms with Crippen LogP contribution in [-0.4, -0.2) is 16.9 Å². The molecule has 1 atom stereocenters. The van der Waals surface area contributed by atoms with Gasteiger partial charge in [0.2, 0.25) is 0 Å². The number of nitrogens with zero attached hydrogens (tertiary/aromatic N) is 2. The molecule has 1 N–H and O–H groups in total. The highest BCUT2D eigenvalue weighted by Crippen LogP contribution is 2.26. The zero-order chi connectivity index (χ0) is 13.7. The van der Waals surface area contributed by atoms with Crippen LogP contribution in [0.15, 0.2) is 18.2 Å². The van der Waals surface area contributed by atoms with Gasteiger partial charge in [-0.25, -0.2) is 0 Å². The molecule has 94 valence electrons. The number of nitrogens with one attached hydrogen (secondary N) is 1. The van der Waals surface area contributed by atoms with Crippen LogP contribution in [0.3, 0.4) is 0 Å². The van der Waals surface area contributed by atoms with Gasteiger partial charge in [-0.1, -0.05) is 17.7 Å². The summed E-state index contributed by atoms with van der Waals surface area (Å²) >= 11 is 5.80. The van der Waals surface area contributed by atoms with Crippen LogP contribution in [0.25, 0.3) is 0 Å². The molecule has 0 heterocycles. The van der Waals surface area contributed by atoms with Gasteiger partial charge in [0.1, 0.15) is 5.56 Å². The molecule has 1 amide bonds. The second kappa shape index (κ2) is 5.98. The predicted octanol–water partition coefficient (Wildman–Crippen LogP) is 2.28. The summed E-state index contributed by atoms with van der Waals surface area (Å²) in [5.41, 5.74) is -0.543. The first-order valence-electron chi connectivity index (χ1n) is 5.08. The molecule has 18 heavy (non-hydrogen) atoms. The summed E-state index contributed by atoms with van der Waals surface area (Å²) in [6.45, 7) is 1.63. The van der Waals surface area contributed by atoms with Crippen LogP contribution in [-0.2, 0) is 0 Å². The molecule has 0 saturated heterocycles. The summed E-state index contributed by atoms with van der Waals surface area (Å²) in [7, 11) is 0. The highest BCUT2D eigenvalue weighted by molar-refractivity contribution is 6.34. The standard InChI is InChI=1S/C11H10ClN3O3/c1-7(5-6-13)14-11(16)10-8(12)3-2-4-9(10)15(17)18/h2-4,7H,5H2,1H3,(H,14,16). The number of halogens is 1. The Morgan fingerprint density at radius 3 is 2.89 bits per heavy atom. The highest BCUT2D eigenvalue weighted by atomic mass is 35.5. The van der Waals surface area contributed by atoms with Crippen molar-refractivity contribution in [2.24, 2.45) is 0 Å². The van der Waals surface area contributed by atoms with Gasteiger partial charge in [0.05, 0.1) is 22.4 Å². The fourth-order valence-corrected chi connectivity index (χ4v) is 1.63. The lowest BCUT2D eigenvalue weighted by atomic mass is 10.1. The van der Waals surface area contributed by atoms with Gasteiger partial charge in [-0.2, -0.15) is 5.26 Å². The largest absolute Gasteiger partial charge is 0.348 e. The lowest BCUT2D eigenvalue weighted by Crippen LogP contribution is -2.32. The summed E-state index contributed by atoms with van der Waals surface area (Å²) in [5, 5.41) is 21.8. The quantitative estimate of drug-likeness (QED) is 0.668. The summed E-state index contributed by atoms with van der Waals surface area (Å²) in [6.07, 6.45) is 0.115. The van der Waals surface area contributed by atoms with Crippen LogP contribution >= 0.6 is 11.6 Å². The average Bonchev–Trinajstić information content (AvgIpc) is 2.28. The molecular weight excluding hydrogens is 258 g/mol. The van der Waals surface area contributed by atoms with E-state index in [0.29, 0.717) is 0 Å². The van der Waals surface area contributed by atoms with Crippen LogP contribution in [0.1, 0.15) is 23.7 Å². The van der Waals surface area contributed by atoms with Crippen molar-refractivity contribution in [1.82, 2.24) is 5.32 Å². The fraction of sp³-hybridized carbons (Fsp3) is 0.273. The van der Waals surface area contributed by atoms with E-state index in [4.69, 9.17) is 16.9 Å². The van der Waals surface area contributed by atoms with E-state index in [1.807, 2.05) is 6.07 Å². The number of carbonyl (C=O) groups is 1. The Morgan fingerprint density at radius 1 is 1.67 bits per heavy atom. The predicted molar refractivity (Wildman–Crippen MR) is 65.3 cm³/mol. The van der Waals surface area contributed by atoms with Gasteiger partial charge >= 0.3 is 0 Å². The van der Waals surface area contributed by atoms with E-state index in [2.05, 4.69) is 5.32 Å². The van der Waals surface area contributed by atoms with Gasteiger partial charge in [0.15, 0.2) is 0 Å². The molecule has 0 bridgehead atoms. The number of benzene rings is 1. The van der Waals surface area contributed by atoms with Crippen molar-refractivity contribution < 1.29 is 9.72 Å². The number of hydrogen-bond acceptors (Lipinski definition) is 4. The Morgan fingerprint density at radius 2 is 2.33 bits per heavy atom. The van der Waals surface area contributed by atoms with Gasteiger partial charge in [0, 0.05) is 12.1 Å². The molecule has 0 spiro atoms. The van der Waals surface area contributed by atoms with Gasteiger partial charge < -0.3 is 5.32 Å². The van der Waals surface area contributed by atoms with Crippen molar-refractivity contribution in [1.29, 1.82) is 5.26 Å². The molecule has 0 aromatic heterocycles. The number of hydrogen-bond donors (Lipinski definition) is 1. The van der Waals surface area contributed by atoms with Crippen LogP contribution < -0.4 is 5.32 Å². The lowest BCUT2D eigenvalue weighted by Gasteiger charge is -2.11. The minimum Gasteiger partial charge on any atom is -0.348 e. The third-order valence-corrected chi connectivity index (χ3v) is 2.51. The molecule has 1 aromatic rings. The Labute approximate surface area is 108 Å². The Hall–Kier alpha value is -2.13. The molecule has 0 aliphatic heterocycles. The van der Waals surface area contributed by atoms with E-state index in [1.165, 1.54) is 18.2 Å². The number of amides is 1. The van der Waals surface area contributed by atoms with Crippen molar-refractivity contribution in [2.75, 3.05) is 0 Å². The topological polar surface area (TPSA) is 96.0 Å². The number of nitriles is 1. The summed E-state index contributed by atoms with van der Waals surface area (Å²) < 4.78 is 0. The maximum Gasteiger partial charge on any atom is 0.283 e. The zero-order valence-corrected chi connectivity index (χ0v) is 10.3. The van der Waals surface area contributed by atoms with Gasteiger partial charge in [-0.05, 0) is 13.0 Å². The second-order valence-corrected chi connectivity index (χ2v) is 4.04. The zero-order valence-electron chi connectivity index (χ0n) is 9.51. The van der Waals surface area contributed by atoms with E-state index in [0.717, 1.165) is 0 Å². The Kier molecular flexibility index (Phi) is 4.63. The molecule has 0 radical (unpaired) electrons. The van der Waals surface area contributed by atoms with Crippen molar-refractivity contribution in [3.8, 4) is 6.07 Å². The minimum atomic E-state index is -0.671. The van der Waals surface area contributed by atoms with Crippen molar-refractivity contribution in [3.63, 3.8) is 0 Å². The molecule has 0 aliphatic rings. The maximum absolute atomic E-state index is 11.9.